The van der Waals surface area contributed by atoms with E-state index < -0.39 is 15.9 Å². The van der Waals surface area contributed by atoms with Crippen LogP contribution in [0.3, 0.4) is 0 Å². The lowest BCUT2D eigenvalue weighted by molar-refractivity contribution is -0.130. The van der Waals surface area contributed by atoms with Gasteiger partial charge in [0.15, 0.2) is 0 Å². The third-order valence-electron chi connectivity index (χ3n) is 4.82. The van der Waals surface area contributed by atoms with Crippen LogP contribution in [0.25, 0.3) is 11.4 Å². The number of nitrogens with zero attached hydrogens (tertiary/aromatic N) is 4. The lowest BCUT2D eigenvalue weighted by atomic mass is 10.2. The van der Waals surface area contributed by atoms with Crippen molar-refractivity contribution < 1.29 is 22.5 Å². The fourth-order valence-electron chi connectivity index (χ4n) is 2.92. The molecular formula is C22H26N4O5S2. The number of amides is 1. The van der Waals surface area contributed by atoms with E-state index in [9.17, 15) is 13.2 Å². The highest BCUT2D eigenvalue weighted by Gasteiger charge is 2.25. The van der Waals surface area contributed by atoms with Gasteiger partial charge in [-0.2, -0.15) is 9.29 Å². The zero-order chi connectivity index (χ0) is 24.0. The molecule has 1 aromatic heterocycles. The van der Waals surface area contributed by atoms with Crippen LogP contribution in [-0.4, -0.2) is 67.2 Å². The van der Waals surface area contributed by atoms with Crippen molar-refractivity contribution in [3.63, 3.8) is 0 Å². The van der Waals surface area contributed by atoms with Crippen molar-refractivity contribution in [2.45, 2.75) is 23.3 Å². The van der Waals surface area contributed by atoms with Gasteiger partial charge in [-0.3, -0.25) is 4.79 Å². The number of likely N-dealkylation sites (N-methyl/N-ethyl adjacent to an activating group) is 2. The van der Waals surface area contributed by atoms with Crippen molar-refractivity contribution in [2.24, 2.45) is 0 Å². The van der Waals surface area contributed by atoms with E-state index in [1.54, 1.807) is 19.2 Å². The molecule has 9 nitrogen and oxygen atoms in total. The maximum atomic E-state index is 12.8. The molecule has 0 radical (unpaired) electrons. The molecule has 3 rings (SSSR count). The zero-order valence-electron chi connectivity index (χ0n) is 18.9. The van der Waals surface area contributed by atoms with Gasteiger partial charge in [0.1, 0.15) is 5.75 Å². The Morgan fingerprint density at radius 3 is 2.36 bits per heavy atom. The molecule has 0 spiro atoms. The molecule has 0 saturated carbocycles. The van der Waals surface area contributed by atoms with Crippen molar-refractivity contribution in [1.29, 1.82) is 0 Å². The molecule has 0 aliphatic heterocycles. The fraction of sp³-hybridized carbons (Fsp3) is 0.318. The number of carbonyl (C=O) groups is 1. The second-order valence-corrected chi connectivity index (χ2v) is 10.1. The Balaban J connectivity index is 1.61. The number of hydrogen-bond acceptors (Lipinski definition) is 8. The van der Waals surface area contributed by atoms with Gasteiger partial charge in [-0.15, -0.1) is 11.8 Å². The first-order valence-electron chi connectivity index (χ1n) is 10.1. The molecular weight excluding hydrogens is 464 g/mol. The van der Waals surface area contributed by atoms with Crippen LogP contribution in [0.15, 0.2) is 62.8 Å². The maximum Gasteiger partial charge on any atom is 0.246 e. The van der Waals surface area contributed by atoms with E-state index >= 15 is 0 Å². The summed E-state index contributed by atoms with van der Waals surface area (Å²) in [5.74, 6) is 0.979. The summed E-state index contributed by atoms with van der Waals surface area (Å²) in [6, 6.07) is 13.8. The molecule has 0 atom stereocenters. The Morgan fingerprint density at radius 1 is 1.09 bits per heavy atom. The fourth-order valence-corrected chi connectivity index (χ4v) is 4.45. The number of aromatic nitrogens is 2. The Bertz CT molecular complexity index is 1180. The number of benzene rings is 2. The Labute approximate surface area is 197 Å². The normalized spacial score (nSPS) is 11.5. The van der Waals surface area contributed by atoms with E-state index in [4.69, 9.17) is 9.26 Å². The van der Waals surface area contributed by atoms with Gasteiger partial charge in [0.25, 0.3) is 0 Å². The molecule has 1 heterocycles. The lowest BCUT2D eigenvalue weighted by Crippen LogP contribution is -2.39. The molecule has 0 aliphatic rings. The average Bonchev–Trinajstić information content (AvgIpc) is 3.28. The predicted octanol–water partition coefficient (Wildman–Crippen LogP) is 3.14. The molecule has 0 N–H and O–H groups in total. The van der Waals surface area contributed by atoms with E-state index in [0.717, 1.165) is 20.5 Å². The van der Waals surface area contributed by atoms with Crippen molar-refractivity contribution in [3.05, 3.63) is 54.4 Å². The SMILES string of the molecule is CCOc1ccc(-c2noc(CN(C)C(=O)CN(C)S(=O)(=O)c3ccc(SC)cc3)n2)cc1. The number of hydrogen-bond donors (Lipinski definition) is 0. The van der Waals surface area contributed by atoms with Crippen LogP contribution in [0.1, 0.15) is 12.8 Å². The van der Waals surface area contributed by atoms with Crippen LogP contribution in [0, 0.1) is 0 Å². The highest BCUT2D eigenvalue weighted by Crippen LogP contribution is 2.21. The molecule has 0 unspecified atom stereocenters. The Hall–Kier alpha value is -2.89. The van der Waals surface area contributed by atoms with E-state index in [0.29, 0.717) is 12.4 Å². The van der Waals surface area contributed by atoms with Crippen molar-refractivity contribution in [3.8, 4) is 17.1 Å². The van der Waals surface area contributed by atoms with Crippen LogP contribution in [-0.2, 0) is 21.4 Å². The van der Waals surface area contributed by atoms with Crippen molar-refractivity contribution in [1.82, 2.24) is 19.3 Å². The van der Waals surface area contributed by atoms with Crippen LogP contribution in [0.2, 0.25) is 0 Å². The topological polar surface area (TPSA) is 106 Å². The zero-order valence-corrected chi connectivity index (χ0v) is 20.5. The molecule has 0 fully saturated rings. The smallest absolute Gasteiger partial charge is 0.246 e. The van der Waals surface area contributed by atoms with Gasteiger partial charge in [0, 0.05) is 24.6 Å². The number of ether oxygens (including phenoxy) is 1. The summed E-state index contributed by atoms with van der Waals surface area (Å²) in [6.07, 6.45) is 1.91. The molecule has 2 aromatic carbocycles. The summed E-state index contributed by atoms with van der Waals surface area (Å²) in [6.45, 7) is 2.22. The minimum atomic E-state index is -3.79. The summed E-state index contributed by atoms with van der Waals surface area (Å²) in [7, 11) is -0.863. The standard InChI is InChI=1S/C22H26N4O5S2/c1-5-30-17-8-6-16(7-9-17)22-23-20(31-24-22)14-25(2)21(27)15-26(3)33(28,29)19-12-10-18(32-4)11-13-19/h6-13H,5,14-15H2,1-4H3. The quantitative estimate of drug-likeness (QED) is 0.399. The Kier molecular flexibility index (Phi) is 8.11. The molecule has 0 bridgehead atoms. The second kappa shape index (κ2) is 10.8. The van der Waals surface area contributed by atoms with Crippen LogP contribution in [0.4, 0.5) is 0 Å². The number of rotatable bonds is 10. The molecule has 33 heavy (non-hydrogen) atoms. The minimum absolute atomic E-state index is 0.0547. The first-order chi connectivity index (χ1) is 15.7. The van der Waals surface area contributed by atoms with Gasteiger partial charge >= 0.3 is 0 Å². The third kappa shape index (κ3) is 6.12. The lowest BCUT2D eigenvalue weighted by Gasteiger charge is -2.21. The van der Waals surface area contributed by atoms with E-state index in [1.165, 1.54) is 35.8 Å². The predicted molar refractivity (Wildman–Crippen MR) is 125 cm³/mol. The second-order valence-electron chi connectivity index (χ2n) is 7.16. The summed E-state index contributed by atoms with van der Waals surface area (Å²) in [4.78, 5) is 19.4. The molecule has 3 aromatic rings. The molecule has 11 heteroatoms. The number of sulfonamides is 1. The maximum absolute atomic E-state index is 12.8. The van der Waals surface area contributed by atoms with Crippen LogP contribution >= 0.6 is 11.8 Å². The molecule has 1 amide bonds. The summed E-state index contributed by atoms with van der Waals surface area (Å²) < 4.78 is 37.3. The van der Waals surface area contributed by atoms with Gasteiger partial charge in [-0.05, 0) is 61.7 Å². The minimum Gasteiger partial charge on any atom is -0.494 e. The van der Waals surface area contributed by atoms with E-state index in [1.807, 2.05) is 37.4 Å². The van der Waals surface area contributed by atoms with E-state index in [2.05, 4.69) is 10.1 Å². The molecule has 0 aliphatic carbocycles. The highest BCUT2D eigenvalue weighted by atomic mass is 32.2. The first kappa shape index (κ1) is 24.7. The molecule has 176 valence electrons. The number of thioether (sulfide) groups is 1. The summed E-state index contributed by atoms with van der Waals surface area (Å²) >= 11 is 1.52. The number of carbonyl (C=O) groups excluding carboxylic acids is 1. The third-order valence-corrected chi connectivity index (χ3v) is 7.38. The van der Waals surface area contributed by atoms with Crippen LogP contribution < -0.4 is 4.74 Å². The Morgan fingerprint density at radius 2 is 1.76 bits per heavy atom. The van der Waals surface area contributed by atoms with Crippen molar-refractivity contribution >= 4 is 27.7 Å². The van der Waals surface area contributed by atoms with Gasteiger partial charge in [-0.25, -0.2) is 8.42 Å². The summed E-state index contributed by atoms with van der Waals surface area (Å²) in [5, 5.41) is 3.96. The molecule has 0 saturated heterocycles. The van der Waals surface area contributed by atoms with Gasteiger partial charge in [0.2, 0.25) is 27.6 Å². The van der Waals surface area contributed by atoms with Gasteiger partial charge in [-0.1, -0.05) is 5.16 Å². The first-order valence-corrected chi connectivity index (χ1v) is 12.8. The monoisotopic (exact) mass is 490 g/mol. The average molecular weight is 491 g/mol. The largest absolute Gasteiger partial charge is 0.494 e. The van der Waals surface area contributed by atoms with Gasteiger partial charge in [0.05, 0.1) is 24.6 Å². The van der Waals surface area contributed by atoms with E-state index in [-0.39, 0.29) is 23.9 Å². The summed E-state index contributed by atoms with van der Waals surface area (Å²) in [5.41, 5.74) is 0.751. The van der Waals surface area contributed by atoms with Crippen LogP contribution in [0.5, 0.6) is 5.75 Å². The van der Waals surface area contributed by atoms with Gasteiger partial charge < -0.3 is 14.2 Å². The van der Waals surface area contributed by atoms with Crippen molar-refractivity contribution in [2.75, 3.05) is 33.5 Å². The highest BCUT2D eigenvalue weighted by molar-refractivity contribution is 7.98.